The summed E-state index contributed by atoms with van der Waals surface area (Å²) < 4.78 is 2.06. The number of nitrogens with one attached hydrogen (secondary N) is 1. The van der Waals surface area contributed by atoms with Gasteiger partial charge in [0.2, 0.25) is 0 Å². The first-order chi connectivity index (χ1) is 8.20. The van der Waals surface area contributed by atoms with E-state index in [2.05, 4.69) is 40.9 Å². The van der Waals surface area contributed by atoms with E-state index in [0.29, 0.717) is 6.04 Å². The summed E-state index contributed by atoms with van der Waals surface area (Å²) in [6.45, 7) is 6.81. The van der Waals surface area contributed by atoms with Gasteiger partial charge in [0.25, 0.3) is 0 Å². The van der Waals surface area contributed by atoms with Crippen molar-refractivity contribution in [2.75, 3.05) is 23.3 Å². The van der Waals surface area contributed by atoms with Crippen molar-refractivity contribution in [2.45, 2.75) is 39.2 Å². The Kier molecular flexibility index (Phi) is 2.53. The van der Waals surface area contributed by atoms with Crippen molar-refractivity contribution in [2.24, 2.45) is 13.0 Å². The van der Waals surface area contributed by atoms with Gasteiger partial charge in [-0.25, -0.2) is 0 Å². The Hall–Kier alpha value is -1.19. The van der Waals surface area contributed by atoms with Crippen molar-refractivity contribution >= 4 is 11.5 Å². The van der Waals surface area contributed by atoms with E-state index in [0.717, 1.165) is 18.9 Å². The molecule has 2 atom stereocenters. The lowest BCUT2D eigenvalue weighted by Crippen LogP contribution is -2.49. The number of rotatable bonds is 1. The maximum Gasteiger partial charge on any atom is 0.150 e. The van der Waals surface area contributed by atoms with Gasteiger partial charge in [0, 0.05) is 26.2 Å². The van der Waals surface area contributed by atoms with Gasteiger partial charge in [-0.05, 0) is 25.2 Å². The fourth-order valence-electron chi connectivity index (χ4n) is 3.27. The quantitative estimate of drug-likeness (QED) is 0.807. The van der Waals surface area contributed by atoms with Gasteiger partial charge < -0.3 is 10.2 Å². The second-order valence-electron chi connectivity index (χ2n) is 5.48. The summed E-state index contributed by atoms with van der Waals surface area (Å²) in [7, 11) is 2.07. The summed E-state index contributed by atoms with van der Waals surface area (Å²) in [6.07, 6.45) is 3.62. The molecule has 17 heavy (non-hydrogen) atoms. The molecule has 0 saturated carbocycles. The SMILES string of the molecule is CCc1nn(C)c2c1NCC1CC(C)CCN21. The molecule has 0 spiro atoms. The Morgan fingerprint density at radius 3 is 3.06 bits per heavy atom. The first kappa shape index (κ1) is 10.9. The van der Waals surface area contributed by atoms with E-state index >= 15 is 0 Å². The van der Waals surface area contributed by atoms with Crippen LogP contribution in [0.3, 0.4) is 0 Å². The third-order valence-corrected chi connectivity index (χ3v) is 4.19. The molecule has 3 heterocycles. The monoisotopic (exact) mass is 234 g/mol. The Balaban J connectivity index is 1.99. The zero-order valence-corrected chi connectivity index (χ0v) is 11.0. The minimum atomic E-state index is 0.659. The van der Waals surface area contributed by atoms with Crippen molar-refractivity contribution in [1.29, 1.82) is 0 Å². The smallest absolute Gasteiger partial charge is 0.150 e. The van der Waals surface area contributed by atoms with E-state index in [9.17, 15) is 0 Å². The third-order valence-electron chi connectivity index (χ3n) is 4.19. The molecular formula is C13H22N4. The zero-order valence-electron chi connectivity index (χ0n) is 11.0. The van der Waals surface area contributed by atoms with Gasteiger partial charge in [0.1, 0.15) is 5.69 Å². The fourth-order valence-corrected chi connectivity index (χ4v) is 3.27. The molecule has 0 aromatic carbocycles. The summed E-state index contributed by atoms with van der Waals surface area (Å²) >= 11 is 0. The molecule has 2 aliphatic heterocycles. The maximum atomic E-state index is 4.63. The lowest BCUT2D eigenvalue weighted by molar-refractivity contribution is 0.362. The van der Waals surface area contributed by atoms with E-state index in [1.54, 1.807) is 0 Å². The van der Waals surface area contributed by atoms with Gasteiger partial charge in [-0.3, -0.25) is 4.68 Å². The van der Waals surface area contributed by atoms with Gasteiger partial charge in [-0.2, -0.15) is 5.10 Å². The predicted octanol–water partition coefficient (Wildman–Crippen LogP) is 2.01. The largest absolute Gasteiger partial charge is 0.378 e. The van der Waals surface area contributed by atoms with Crippen LogP contribution in [0.4, 0.5) is 11.5 Å². The molecule has 0 radical (unpaired) electrons. The van der Waals surface area contributed by atoms with E-state index in [-0.39, 0.29) is 0 Å². The Labute approximate surface area is 103 Å². The molecule has 0 bridgehead atoms. The lowest BCUT2D eigenvalue weighted by atomic mass is 9.91. The molecule has 0 aliphatic carbocycles. The topological polar surface area (TPSA) is 33.1 Å². The highest BCUT2D eigenvalue weighted by atomic mass is 15.4. The van der Waals surface area contributed by atoms with Gasteiger partial charge in [-0.1, -0.05) is 13.8 Å². The summed E-state index contributed by atoms with van der Waals surface area (Å²) in [5.41, 5.74) is 2.49. The Morgan fingerprint density at radius 1 is 1.47 bits per heavy atom. The molecule has 94 valence electrons. The molecule has 1 N–H and O–H groups in total. The number of aryl methyl sites for hydroxylation is 2. The second kappa shape index (κ2) is 3.93. The molecule has 2 aliphatic rings. The molecule has 2 unspecified atom stereocenters. The molecular weight excluding hydrogens is 212 g/mol. The number of nitrogens with zero attached hydrogens (tertiary/aromatic N) is 3. The van der Waals surface area contributed by atoms with E-state index in [4.69, 9.17) is 0 Å². The van der Waals surface area contributed by atoms with Gasteiger partial charge in [-0.15, -0.1) is 0 Å². The number of anilines is 2. The van der Waals surface area contributed by atoms with Gasteiger partial charge in [0.15, 0.2) is 5.82 Å². The average Bonchev–Trinajstić information content (AvgIpc) is 2.66. The first-order valence-corrected chi connectivity index (χ1v) is 6.77. The molecule has 1 saturated heterocycles. The Bertz CT molecular complexity index is 423. The molecule has 1 aromatic heterocycles. The van der Waals surface area contributed by atoms with Crippen LogP contribution in [0.2, 0.25) is 0 Å². The highest BCUT2D eigenvalue weighted by Gasteiger charge is 2.34. The minimum absolute atomic E-state index is 0.659. The van der Waals surface area contributed by atoms with Crippen molar-refractivity contribution in [3.8, 4) is 0 Å². The lowest BCUT2D eigenvalue weighted by Gasteiger charge is -2.43. The third kappa shape index (κ3) is 1.61. The molecule has 4 nitrogen and oxygen atoms in total. The van der Waals surface area contributed by atoms with E-state index in [1.165, 1.54) is 36.6 Å². The number of hydrogen-bond donors (Lipinski definition) is 1. The van der Waals surface area contributed by atoms with Crippen molar-refractivity contribution in [3.63, 3.8) is 0 Å². The van der Waals surface area contributed by atoms with Crippen LogP contribution in [0, 0.1) is 5.92 Å². The van der Waals surface area contributed by atoms with Crippen LogP contribution >= 0.6 is 0 Å². The van der Waals surface area contributed by atoms with E-state index in [1.807, 2.05) is 0 Å². The highest BCUT2D eigenvalue weighted by Crippen LogP contribution is 2.38. The van der Waals surface area contributed by atoms with Crippen molar-refractivity contribution in [1.82, 2.24) is 9.78 Å². The summed E-state index contributed by atoms with van der Waals surface area (Å²) in [4.78, 5) is 2.57. The fraction of sp³-hybridized carbons (Fsp3) is 0.769. The van der Waals surface area contributed by atoms with Gasteiger partial charge in [0.05, 0.1) is 5.69 Å². The highest BCUT2D eigenvalue weighted by molar-refractivity contribution is 5.72. The first-order valence-electron chi connectivity index (χ1n) is 6.77. The molecule has 4 heteroatoms. The van der Waals surface area contributed by atoms with Crippen LogP contribution in [-0.4, -0.2) is 28.9 Å². The van der Waals surface area contributed by atoms with Crippen molar-refractivity contribution in [3.05, 3.63) is 5.69 Å². The van der Waals surface area contributed by atoms with E-state index < -0.39 is 0 Å². The molecule has 1 aromatic rings. The average molecular weight is 234 g/mol. The summed E-state index contributed by atoms with van der Waals surface area (Å²) in [6, 6.07) is 0.659. The molecule has 1 fully saturated rings. The zero-order chi connectivity index (χ0) is 12.0. The Morgan fingerprint density at radius 2 is 2.29 bits per heavy atom. The van der Waals surface area contributed by atoms with Crippen LogP contribution in [0.25, 0.3) is 0 Å². The number of hydrogen-bond acceptors (Lipinski definition) is 3. The standard InChI is InChI=1S/C13H22N4/c1-4-11-12-13(16(3)15-11)17-6-5-9(2)7-10(17)8-14-12/h9-10,14H,4-8H2,1-3H3. The van der Waals surface area contributed by atoms with Gasteiger partial charge >= 0.3 is 0 Å². The predicted molar refractivity (Wildman–Crippen MR) is 70.6 cm³/mol. The molecule has 3 rings (SSSR count). The minimum Gasteiger partial charge on any atom is -0.378 e. The van der Waals surface area contributed by atoms with Crippen molar-refractivity contribution < 1.29 is 0 Å². The summed E-state index contributed by atoms with van der Waals surface area (Å²) in [5.74, 6) is 2.17. The number of piperidine rings is 1. The van der Waals surface area contributed by atoms with Crippen LogP contribution in [0.5, 0.6) is 0 Å². The van der Waals surface area contributed by atoms with Crippen LogP contribution in [-0.2, 0) is 13.5 Å². The van der Waals surface area contributed by atoms with Crippen LogP contribution in [0.1, 0.15) is 32.4 Å². The number of fused-ring (bicyclic) bond motifs is 3. The maximum absolute atomic E-state index is 4.63. The molecule has 0 amide bonds. The second-order valence-corrected chi connectivity index (χ2v) is 5.48. The van der Waals surface area contributed by atoms with Crippen LogP contribution < -0.4 is 10.2 Å². The normalized spacial score (nSPS) is 27.4. The van der Waals surface area contributed by atoms with Crippen LogP contribution in [0.15, 0.2) is 0 Å². The summed E-state index contributed by atoms with van der Waals surface area (Å²) in [5, 5.41) is 8.23. The number of aromatic nitrogens is 2.